The second-order valence-corrected chi connectivity index (χ2v) is 4.65. The van der Waals surface area contributed by atoms with Gasteiger partial charge in [0.1, 0.15) is 5.69 Å². The summed E-state index contributed by atoms with van der Waals surface area (Å²) in [6.45, 7) is 0.463. The third-order valence-corrected chi connectivity index (χ3v) is 3.22. The first-order valence-corrected chi connectivity index (χ1v) is 6.22. The molecule has 6 nitrogen and oxygen atoms in total. The number of amides is 3. The van der Waals surface area contributed by atoms with Crippen LogP contribution in [0.25, 0.3) is 0 Å². The lowest BCUT2D eigenvalue weighted by molar-refractivity contribution is 0.0961. The van der Waals surface area contributed by atoms with Gasteiger partial charge in [-0.2, -0.15) is 0 Å². The highest BCUT2D eigenvalue weighted by molar-refractivity contribution is 5.97. The summed E-state index contributed by atoms with van der Waals surface area (Å²) in [6.07, 6.45) is 7.34. The Morgan fingerprint density at radius 3 is 2.95 bits per heavy atom. The smallest absolute Gasteiger partial charge is 0.319 e. The van der Waals surface area contributed by atoms with E-state index in [0.717, 1.165) is 18.4 Å². The van der Waals surface area contributed by atoms with E-state index in [0.29, 0.717) is 17.9 Å². The zero-order chi connectivity index (χ0) is 13.2. The minimum Gasteiger partial charge on any atom is -0.347 e. The largest absolute Gasteiger partial charge is 0.347 e. The molecular formula is C13H14N4O2. The molecule has 0 atom stereocenters. The Bertz CT molecular complexity index is 560. The highest BCUT2D eigenvalue weighted by atomic mass is 16.2. The standard InChI is InChI=1S/C13H14N4O2/c18-12-11-8(6-15-12)5-10(7-14-11)17-13(19)16-9-3-1-2-4-9/h1-2,5,7,9H,3-4,6H2,(H,15,18)(H2,16,17,19). The molecule has 19 heavy (non-hydrogen) atoms. The van der Waals surface area contributed by atoms with Crippen molar-refractivity contribution in [3.05, 3.63) is 35.7 Å². The molecule has 0 radical (unpaired) electrons. The zero-order valence-corrected chi connectivity index (χ0v) is 10.3. The molecule has 6 heteroatoms. The van der Waals surface area contributed by atoms with Crippen molar-refractivity contribution in [1.82, 2.24) is 15.6 Å². The molecule has 0 aromatic carbocycles. The number of rotatable bonds is 2. The topological polar surface area (TPSA) is 83.1 Å². The molecule has 1 aromatic rings. The maximum Gasteiger partial charge on any atom is 0.319 e. The van der Waals surface area contributed by atoms with Crippen molar-refractivity contribution in [2.75, 3.05) is 5.32 Å². The van der Waals surface area contributed by atoms with Gasteiger partial charge in [0.05, 0.1) is 11.9 Å². The van der Waals surface area contributed by atoms with E-state index in [4.69, 9.17) is 0 Å². The molecule has 0 unspecified atom stereocenters. The molecule has 1 aliphatic carbocycles. The number of pyridine rings is 1. The van der Waals surface area contributed by atoms with Crippen molar-refractivity contribution < 1.29 is 9.59 Å². The molecule has 0 bridgehead atoms. The number of urea groups is 1. The molecule has 0 spiro atoms. The van der Waals surface area contributed by atoms with Crippen LogP contribution in [0.1, 0.15) is 28.9 Å². The van der Waals surface area contributed by atoms with Crippen molar-refractivity contribution in [3.8, 4) is 0 Å². The van der Waals surface area contributed by atoms with Crippen molar-refractivity contribution in [2.45, 2.75) is 25.4 Å². The number of carbonyl (C=O) groups is 2. The van der Waals surface area contributed by atoms with Crippen molar-refractivity contribution in [1.29, 1.82) is 0 Å². The van der Waals surface area contributed by atoms with Crippen LogP contribution in [-0.4, -0.2) is 23.0 Å². The molecule has 1 aromatic heterocycles. The molecule has 0 fully saturated rings. The average molecular weight is 258 g/mol. The molecule has 3 amide bonds. The van der Waals surface area contributed by atoms with Crippen LogP contribution < -0.4 is 16.0 Å². The molecule has 0 saturated heterocycles. The minimum absolute atomic E-state index is 0.164. The van der Waals surface area contributed by atoms with Gasteiger partial charge in [-0.3, -0.25) is 4.79 Å². The fourth-order valence-corrected chi connectivity index (χ4v) is 2.26. The molecule has 2 aliphatic rings. The number of anilines is 1. The second kappa shape index (κ2) is 4.72. The van der Waals surface area contributed by atoms with Crippen molar-refractivity contribution in [2.24, 2.45) is 0 Å². The first-order valence-electron chi connectivity index (χ1n) is 6.22. The summed E-state index contributed by atoms with van der Waals surface area (Å²) in [5.74, 6) is -0.164. The van der Waals surface area contributed by atoms with Crippen LogP contribution in [0.3, 0.4) is 0 Å². The van der Waals surface area contributed by atoms with Gasteiger partial charge in [-0.1, -0.05) is 12.2 Å². The van der Waals surface area contributed by atoms with Crippen molar-refractivity contribution in [3.63, 3.8) is 0 Å². The third-order valence-electron chi connectivity index (χ3n) is 3.22. The number of hydrogen-bond donors (Lipinski definition) is 3. The van der Waals surface area contributed by atoms with E-state index in [1.165, 1.54) is 6.20 Å². The van der Waals surface area contributed by atoms with Gasteiger partial charge in [0.25, 0.3) is 5.91 Å². The van der Waals surface area contributed by atoms with E-state index in [1.54, 1.807) is 6.07 Å². The van der Waals surface area contributed by atoms with Gasteiger partial charge < -0.3 is 16.0 Å². The van der Waals surface area contributed by atoms with E-state index < -0.39 is 0 Å². The van der Waals surface area contributed by atoms with E-state index in [2.05, 4.69) is 33.1 Å². The SMILES string of the molecule is O=C(Nc1cnc2c(c1)CNC2=O)NC1CC=CC1. The van der Waals surface area contributed by atoms with E-state index in [-0.39, 0.29) is 18.0 Å². The van der Waals surface area contributed by atoms with Crippen molar-refractivity contribution >= 4 is 17.6 Å². The first kappa shape index (κ1) is 11.7. The van der Waals surface area contributed by atoms with Crippen LogP contribution >= 0.6 is 0 Å². The second-order valence-electron chi connectivity index (χ2n) is 4.65. The van der Waals surface area contributed by atoms with Crippen LogP contribution in [0.15, 0.2) is 24.4 Å². The summed E-state index contributed by atoms with van der Waals surface area (Å²) in [5.41, 5.74) is 1.84. The number of nitrogens with zero attached hydrogens (tertiary/aromatic N) is 1. The predicted octanol–water partition coefficient (Wildman–Crippen LogP) is 1.17. The number of aromatic nitrogens is 1. The number of hydrogen-bond acceptors (Lipinski definition) is 3. The van der Waals surface area contributed by atoms with Crippen LogP contribution in [-0.2, 0) is 6.54 Å². The van der Waals surface area contributed by atoms with Gasteiger partial charge in [-0.15, -0.1) is 0 Å². The molecule has 1 aliphatic heterocycles. The van der Waals surface area contributed by atoms with Gasteiger partial charge in [0.2, 0.25) is 0 Å². The first-order chi connectivity index (χ1) is 9.22. The maximum absolute atomic E-state index is 11.8. The van der Waals surface area contributed by atoms with Crippen LogP contribution in [0, 0.1) is 0 Å². The Morgan fingerprint density at radius 2 is 2.16 bits per heavy atom. The molecule has 0 saturated carbocycles. The highest BCUT2D eigenvalue weighted by Gasteiger charge is 2.21. The Labute approximate surface area is 110 Å². The Balaban J connectivity index is 1.63. The average Bonchev–Trinajstić information content (AvgIpc) is 3.00. The summed E-state index contributed by atoms with van der Waals surface area (Å²) in [4.78, 5) is 27.2. The van der Waals surface area contributed by atoms with Gasteiger partial charge in [0.15, 0.2) is 0 Å². The molecular weight excluding hydrogens is 244 g/mol. The minimum atomic E-state index is -0.243. The summed E-state index contributed by atoms with van der Waals surface area (Å²) >= 11 is 0. The molecule has 2 heterocycles. The van der Waals surface area contributed by atoms with Crippen LogP contribution in [0.2, 0.25) is 0 Å². The summed E-state index contributed by atoms with van der Waals surface area (Å²) in [7, 11) is 0. The lowest BCUT2D eigenvalue weighted by Crippen LogP contribution is -2.36. The van der Waals surface area contributed by atoms with Crippen LogP contribution in [0.5, 0.6) is 0 Å². The molecule has 3 rings (SSSR count). The highest BCUT2D eigenvalue weighted by Crippen LogP contribution is 2.17. The van der Waals surface area contributed by atoms with Gasteiger partial charge in [-0.25, -0.2) is 9.78 Å². The summed E-state index contributed by atoms with van der Waals surface area (Å²) in [6, 6.07) is 1.70. The predicted molar refractivity (Wildman–Crippen MR) is 69.7 cm³/mol. The summed E-state index contributed by atoms with van der Waals surface area (Å²) in [5, 5.41) is 8.30. The van der Waals surface area contributed by atoms with Gasteiger partial charge >= 0.3 is 6.03 Å². The molecule has 3 N–H and O–H groups in total. The lowest BCUT2D eigenvalue weighted by atomic mass is 10.2. The van der Waals surface area contributed by atoms with E-state index in [9.17, 15) is 9.59 Å². The summed E-state index contributed by atoms with van der Waals surface area (Å²) < 4.78 is 0. The van der Waals surface area contributed by atoms with E-state index >= 15 is 0 Å². The monoisotopic (exact) mass is 258 g/mol. The fraction of sp³-hybridized carbons (Fsp3) is 0.308. The third kappa shape index (κ3) is 2.42. The number of carbonyl (C=O) groups excluding carboxylic acids is 2. The number of fused-ring (bicyclic) bond motifs is 1. The lowest BCUT2D eigenvalue weighted by Gasteiger charge is -2.13. The normalized spacial score (nSPS) is 17.2. The molecule has 98 valence electrons. The Kier molecular flexibility index (Phi) is 2.91. The van der Waals surface area contributed by atoms with Gasteiger partial charge in [0, 0.05) is 18.2 Å². The van der Waals surface area contributed by atoms with E-state index in [1.807, 2.05) is 0 Å². The quantitative estimate of drug-likeness (QED) is 0.696. The zero-order valence-electron chi connectivity index (χ0n) is 10.3. The fourth-order valence-electron chi connectivity index (χ4n) is 2.26. The Morgan fingerprint density at radius 1 is 1.37 bits per heavy atom. The maximum atomic E-state index is 11.8. The Hall–Kier alpha value is -2.37. The number of nitrogens with one attached hydrogen (secondary N) is 3. The van der Waals surface area contributed by atoms with Crippen LogP contribution in [0.4, 0.5) is 10.5 Å². The van der Waals surface area contributed by atoms with Gasteiger partial charge in [-0.05, 0) is 18.9 Å².